The van der Waals surface area contributed by atoms with Crippen LogP contribution >= 0.6 is 15.9 Å². The molecular weight excluding hydrogens is 340 g/mol. The van der Waals surface area contributed by atoms with E-state index in [0.717, 1.165) is 23.9 Å². The van der Waals surface area contributed by atoms with Crippen LogP contribution in [0.3, 0.4) is 0 Å². The molecule has 0 aliphatic rings. The van der Waals surface area contributed by atoms with Gasteiger partial charge in [-0.05, 0) is 38.2 Å². The zero-order chi connectivity index (χ0) is 15.2. The molecule has 0 aliphatic carbocycles. The maximum Gasteiger partial charge on any atom is 0.243 e. The van der Waals surface area contributed by atoms with Crippen LogP contribution in [0.4, 0.5) is 0 Å². The molecule has 114 valence electrons. The van der Waals surface area contributed by atoms with Crippen LogP contribution in [0.2, 0.25) is 0 Å². The maximum atomic E-state index is 12.6. The summed E-state index contributed by atoms with van der Waals surface area (Å²) in [5, 5.41) is 0.729. The molecule has 0 bridgehead atoms. The quantitative estimate of drug-likeness (QED) is 0.667. The van der Waals surface area contributed by atoms with E-state index < -0.39 is 10.0 Å². The zero-order valence-corrected chi connectivity index (χ0v) is 14.7. The number of nitrogens with zero attached hydrogens (tertiary/aromatic N) is 2. The van der Waals surface area contributed by atoms with Crippen molar-refractivity contribution in [2.45, 2.75) is 23.6 Å². The van der Waals surface area contributed by atoms with Crippen molar-refractivity contribution >= 4 is 26.0 Å². The minimum Gasteiger partial charge on any atom is -0.308 e. The molecule has 0 spiro atoms. The summed E-state index contributed by atoms with van der Waals surface area (Å²) >= 11 is 3.36. The SMILES string of the molecule is CCCN(CCN(C)C)S(=O)(=O)c1ccc(CBr)cc1. The van der Waals surface area contributed by atoms with Gasteiger partial charge in [0.05, 0.1) is 4.90 Å². The van der Waals surface area contributed by atoms with Crippen molar-refractivity contribution < 1.29 is 8.42 Å². The monoisotopic (exact) mass is 362 g/mol. The number of benzene rings is 1. The predicted octanol–water partition coefficient (Wildman–Crippen LogP) is 2.54. The summed E-state index contributed by atoms with van der Waals surface area (Å²) in [6.45, 7) is 3.78. The molecule has 1 aromatic carbocycles. The second-order valence-corrected chi connectivity index (χ2v) is 7.48. The molecule has 0 atom stereocenters. The van der Waals surface area contributed by atoms with E-state index in [1.165, 1.54) is 0 Å². The average molecular weight is 363 g/mol. The van der Waals surface area contributed by atoms with Crippen molar-refractivity contribution in [1.29, 1.82) is 0 Å². The van der Waals surface area contributed by atoms with Crippen molar-refractivity contribution in [1.82, 2.24) is 9.21 Å². The lowest BCUT2D eigenvalue weighted by Crippen LogP contribution is -2.37. The second-order valence-electron chi connectivity index (χ2n) is 4.98. The van der Waals surface area contributed by atoms with Crippen molar-refractivity contribution in [2.75, 3.05) is 33.7 Å². The molecule has 0 fully saturated rings. The topological polar surface area (TPSA) is 40.6 Å². The van der Waals surface area contributed by atoms with E-state index >= 15 is 0 Å². The minimum absolute atomic E-state index is 0.370. The lowest BCUT2D eigenvalue weighted by molar-refractivity contribution is 0.333. The van der Waals surface area contributed by atoms with Gasteiger partial charge in [0.15, 0.2) is 0 Å². The first kappa shape index (κ1) is 17.6. The third-order valence-corrected chi connectivity index (χ3v) is 5.55. The number of rotatable bonds is 8. The molecule has 0 saturated heterocycles. The number of hydrogen-bond donors (Lipinski definition) is 0. The van der Waals surface area contributed by atoms with Gasteiger partial charge in [-0.1, -0.05) is 35.0 Å². The summed E-state index contributed by atoms with van der Waals surface area (Å²) in [6, 6.07) is 7.06. The van der Waals surface area contributed by atoms with Crippen LogP contribution in [0.15, 0.2) is 29.2 Å². The van der Waals surface area contributed by atoms with Crippen molar-refractivity contribution in [3.63, 3.8) is 0 Å². The van der Waals surface area contributed by atoms with Gasteiger partial charge in [0, 0.05) is 25.0 Å². The first-order valence-electron chi connectivity index (χ1n) is 6.71. The summed E-state index contributed by atoms with van der Waals surface area (Å²) in [7, 11) is 0.499. The molecule has 0 saturated carbocycles. The molecule has 0 amide bonds. The van der Waals surface area contributed by atoms with Crippen LogP contribution in [-0.4, -0.2) is 51.4 Å². The molecule has 0 heterocycles. The highest BCUT2D eigenvalue weighted by Gasteiger charge is 2.23. The van der Waals surface area contributed by atoms with Crippen molar-refractivity contribution in [3.05, 3.63) is 29.8 Å². The van der Waals surface area contributed by atoms with Gasteiger partial charge in [0.2, 0.25) is 10.0 Å². The molecule has 6 heteroatoms. The van der Waals surface area contributed by atoms with Crippen molar-refractivity contribution in [2.24, 2.45) is 0 Å². The fourth-order valence-corrected chi connectivity index (χ4v) is 3.71. The first-order chi connectivity index (χ1) is 9.41. The molecule has 0 radical (unpaired) electrons. The Morgan fingerprint density at radius 3 is 2.10 bits per heavy atom. The zero-order valence-electron chi connectivity index (χ0n) is 12.3. The molecule has 20 heavy (non-hydrogen) atoms. The highest BCUT2D eigenvalue weighted by atomic mass is 79.9. The van der Waals surface area contributed by atoms with Crippen LogP contribution in [0, 0.1) is 0 Å². The fraction of sp³-hybridized carbons (Fsp3) is 0.571. The Kier molecular flexibility index (Phi) is 7.15. The fourth-order valence-electron chi connectivity index (χ4n) is 1.81. The maximum absolute atomic E-state index is 12.6. The Balaban J connectivity index is 2.95. The van der Waals surface area contributed by atoms with Crippen molar-refractivity contribution in [3.8, 4) is 0 Å². The summed E-state index contributed by atoms with van der Waals surface area (Å²) in [5.74, 6) is 0. The van der Waals surface area contributed by atoms with E-state index in [9.17, 15) is 8.42 Å². The molecule has 0 aromatic heterocycles. The Morgan fingerprint density at radius 2 is 1.65 bits per heavy atom. The summed E-state index contributed by atoms with van der Waals surface area (Å²) in [6.07, 6.45) is 0.812. The average Bonchev–Trinajstić information content (AvgIpc) is 2.43. The molecule has 1 rings (SSSR count). The third-order valence-electron chi connectivity index (χ3n) is 2.99. The van der Waals surface area contributed by atoms with Gasteiger partial charge in [0.1, 0.15) is 0 Å². The summed E-state index contributed by atoms with van der Waals surface area (Å²) in [4.78, 5) is 2.36. The number of hydrogen-bond acceptors (Lipinski definition) is 3. The number of halogens is 1. The number of likely N-dealkylation sites (N-methyl/N-ethyl adjacent to an activating group) is 1. The molecular formula is C14H23BrN2O2S. The van der Waals surface area contributed by atoms with E-state index in [0.29, 0.717) is 18.0 Å². The largest absolute Gasteiger partial charge is 0.308 e. The highest BCUT2D eigenvalue weighted by Crippen LogP contribution is 2.17. The Bertz CT molecular complexity index is 500. The molecule has 1 aromatic rings. The molecule has 0 unspecified atom stereocenters. The highest BCUT2D eigenvalue weighted by molar-refractivity contribution is 9.08. The smallest absolute Gasteiger partial charge is 0.243 e. The normalized spacial score (nSPS) is 12.3. The first-order valence-corrected chi connectivity index (χ1v) is 9.27. The summed E-state index contributed by atoms with van der Waals surface area (Å²) < 4.78 is 26.8. The van der Waals surface area contributed by atoms with Gasteiger partial charge < -0.3 is 4.90 Å². The van der Waals surface area contributed by atoms with Crippen LogP contribution in [-0.2, 0) is 15.4 Å². The van der Waals surface area contributed by atoms with Crippen LogP contribution in [0.25, 0.3) is 0 Å². The summed E-state index contributed by atoms with van der Waals surface area (Å²) in [5.41, 5.74) is 1.07. The molecule has 4 nitrogen and oxygen atoms in total. The molecule has 0 N–H and O–H groups in total. The van der Waals surface area contributed by atoms with Gasteiger partial charge in [-0.15, -0.1) is 0 Å². The number of sulfonamides is 1. The van der Waals surface area contributed by atoms with Gasteiger partial charge in [-0.2, -0.15) is 4.31 Å². The van der Waals surface area contributed by atoms with E-state index in [2.05, 4.69) is 15.9 Å². The van der Waals surface area contributed by atoms with E-state index in [1.54, 1.807) is 16.4 Å². The van der Waals surface area contributed by atoms with Gasteiger partial charge in [-0.25, -0.2) is 8.42 Å². The Morgan fingerprint density at radius 1 is 1.05 bits per heavy atom. The Labute approximate surface area is 130 Å². The van der Waals surface area contributed by atoms with Crippen LogP contribution in [0.1, 0.15) is 18.9 Å². The second kappa shape index (κ2) is 8.12. The Hall–Kier alpha value is -0.430. The lowest BCUT2D eigenvalue weighted by Gasteiger charge is -2.23. The lowest BCUT2D eigenvalue weighted by atomic mass is 10.2. The van der Waals surface area contributed by atoms with Gasteiger partial charge >= 0.3 is 0 Å². The molecule has 0 aliphatic heterocycles. The van der Waals surface area contributed by atoms with Gasteiger partial charge in [-0.3, -0.25) is 0 Å². The van der Waals surface area contributed by atoms with Gasteiger partial charge in [0.25, 0.3) is 0 Å². The minimum atomic E-state index is -3.39. The van der Waals surface area contributed by atoms with Crippen LogP contribution < -0.4 is 0 Å². The third kappa shape index (κ3) is 4.84. The standard InChI is InChI=1S/C14H23BrN2O2S/c1-4-9-17(11-10-16(2)3)20(18,19)14-7-5-13(12-15)6-8-14/h5-8H,4,9-12H2,1-3H3. The van der Waals surface area contributed by atoms with E-state index in [1.807, 2.05) is 38.1 Å². The van der Waals surface area contributed by atoms with Crippen LogP contribution in [0.5, 0.6) is 0 Å². The van der Waals surface area contributed by atoms with E-state index in [4.69, 9.17) is 0 Å². The predicted molar refractivity (Wildman–Crippen MR) is 86.7 cm³/mol. The van der Waals surface area contributed by atoms with E-state index in [-0.39, 0.29) is 0 Å². The number of alkyl halides is 1.